The van der Waals surface area contributed by atoms with Gasteiger partial charge in [-0.1, -0.05) is 12.6 Å². The minimum Gasteiger partial charge on any atom is -0.348 e. The van der Waals surface area contributed by atoms with E-state index in [1.807, 2.05) is 4.72 Å². The van der Waals surface area contributed by atoms with E-state index in [0.717, 1.165) is 24.5 Å². The van der Waals surface area contributed by atoms with Crippen molar-refractivity contribution in [3.8, 4) is 0 Å². The second kappa shape index (κ2) is 8.65. The Morgan fingerprint density at radius 3 is 2.38 bits per heavy atom. The van der Waals surface area contributed by atoms with Gasteiger partial charge in [0.05, 0.1) is 17.9 Å². The van der Waals surface area contributed by atoms with Gasteiger partial charge in [-0.3, -0.25) is 9.59 Å². The van der Waals surface area contributed by atoms with Crippen LogP contribution in [0.2, 0.25) is 0 Å². The molecule has 0 aliphatic carbocycles. The Kier molecular flexibility index (Phi) is 6.31. The average molecular weight is 467 g/mol. The molecule has 0 unspecified atom stereocenters. The average Bonchev–Trinajstić information content (AvgIpc) is 2.70. The lowest BCUT2D eigenvalue weighted by molar-refractivity contribution is -0.137. The quantitative estimate of drug-likeness (QED) is 0.660. The molecule has 7 nitrogen and oxygen atoms in total. The second-order valence-electron chi connectivity index (χ2n) is 7.28. The van der Waals surface area contributed by atoms with E-state index in [4.69, 9.17) is 0 Å². The van der Waals surface area contributed by atoms with Crippen molar-refractivity contribution >= 4 is 33.2 Å². The highest BCUT2D eigenvalue weighted by atomic mass is 32.2. The van der Waals surface area contributed by atoms with Crippen molar-refractivity contribution in [3.05, 3.63) is 71.8 Å². The standard InChI is InChI=1S/C21H20F3N3O4S/c1-3-19(28)25-14-11-17-16(20(29)26-32(2,30)31)5-4-6-18(17)27(12-14)15-9-7-13(8-10-15)21(22,23)24/h3-10,14H,1,11-12H2,2H3,(H,25,28)(H,26,29)/t14-/m0/s1. The molecular weight excluding hydrogens is 447 g/mol. The number of benzene rings is 2. The Bertz CT molecular complexity index is 1160. The molecule has 0 radical (unpaired) electrons. The fourth-order valence-electron chi connectivity index (χ4n) is 3.54. The molecule has 1 atom stereocenters. The van der Waals surface area contributed by atoms with Crippen LogP contribution in [-0.4, -0.2) is 39.1 Å². The summed E-state index contributed by atoms with van der Waals surface area (Å²) in [4.78, 5) is 26.1. The number of carbonyl (C=O) groups excluding carboxylic acids is 2. The number of fused-ring (bicyclic) bond motifs is 1. The maximum absolute atomic E-state index is 13.0. The largest absolute Gasteiger partial charge is 0.416 e. The fraction of sp³-hybridized carbons (Fsp3) is 0.238. The molecule has 3 rings (SSSR count). The Balaban J connectivity index is 2.07. The highest BCUT2D eigenvalue weighted by molar-refractivity contribution is 7.89. The summed E-state index contributed by atoms with van der Waals surface area (Å²) >= 11 is 0. The minimum absolute atomic E-state index is 0.0855. The number of anilines is 2. The van der Waals surface area contributed by atoms with E-state index >= 15 is 0 Å². The molecule has 1 aliphatic rings. The van der Waals surface area contributed by atoms with Gasteiger partial charge in [-0.2, -0.15) is 13.2 Å². The Morgan fingerprint density at radius 2 is 1.81 bits per heavy atom. The van der Waals surface area contributed by atoms with E-state index in [1.165, 1.54) is 18.2 Å². The van der Waals surface area contributed by atoms with Crippen LogP contribution < -0.4 is 14.9 Å². The van der Waals surface area contributed by atoms with Gasteiger partial charge in [0.25, 0.3) is 5.91 Å². The molecule has 0 spiro atoms. The highest BCUT2D eigenvalue weighted by Crippen LogP contribution is 2.37. The van der Waals surface area contributed by atoms with Crippen molar-refractivity contribution in [2.45, 2.75) is 18.6 Å². The van der Waals surface area contributed by atoms with Gasteiger partial charge in [0.2, 0.25) is 15.9 Å². The van der Waals surface area contributed by atoms with Gasteiger partial charge in [0, 0.05) is 23.5 Å². The lowest BCUT2D eigenvalue weighted by Gasteiger charge is -2.37. The van der Waals surface area contributed by atoms with Gasteiger partial charge >= 0.3 is 6.18 Å². The van der Waals surface area contributed by atoms with Gasteiger partial charge in [-0.15, -0.1) is 0 Å². The number of hydrogen-bond donors (Lipinski definition) is 2. The summed E-state index contributed by atoms with van der Waals surface area (Å²) in [6.45, 7) is 3.62. The molecule has 32 heavy (non-hydrogen) atoms. The van der Waals surface area contributed by atoms with E-state index < -0.39 is 39.6 Å². The smallest absolute Gasteiger partial charge is 0.348 e. The summed E-state index contributed by atoms with van der Waals surface area (Å²) in [5.74, 6) is -1.30. The van der Waals surface area contributed by atoms with Crippen molar-refractivity contribution in [2.75, 3.05) is 17.7 Å². The third-order valence-electron chi connectivity index (χ3n) is 4.86. The van der Waals surface area contributed by atoms with Crippen LogP contribution in [0.3, 0.4) is 0 Å². The highest BCUT2D eigenvalue weighted by Gasteiger charge is 2.32. The van der Waals surface area contributed by atoms with Crippen molar-refractivity contribution < 1.29 is 31.2 Å². The molecular formula is C21H20F3N3O4S. The second-order valence-corrected chi connectivity index (χ2v) is 9.02. The zero-order valence-electron chi connectivity index (χ0n) is 16.9. The lowest BCUT2D eigenvalue weighted by atomic mass is 9.92. The van der Waals surface area contributed by atoms with Gasteiger partial charge in [-0.25, -0.2) is 13.1 Å². The summed E-state index contributed by atoms with van der Waals surface area (Å²) in [5.41, 5.74) is 0.667. The number of halogens is 3. The Labute approximate surface area is 183 Å². The molecule has 2 aromatic rings. The molecule has 0 saturated carbocycles. The molecule has 1 aliphatic heterocycles. The first kappa shape index (κ1) is 23.3. The Hall–Kier alpha value is -3.34. The molecule has 2 aromatic carbocycles. The maximum atomic E-state index is 13.0. The van der Waals surface area contributed by atoms with Crippen molar-refractivity contribution in [1.29, 1.82) is 0 Å². The number of hydrogen-bond acceptors (Lipinski definition) is 5. The van der Waals surface area contributed by atoms with E-state index in [2.05, 4.69) is 11.9 Å². The molecule has 170 valence electrons. The van der Waals surface area contributed by atoms with Gasteiger partial charge in [-0.05, 0) is 54.5 Å². The number of nitrogens with one attached hydrogen (secondary N) is 2. The lowest BCUT2D eigenvalue weighted by Crippen LogP contribution is -2.47. The number of rotatable bonds is 5. The summed E-state index contributed by atoms with van der Waals surface area (Å²) in [7, 11) is -3.82. The molecule has 0 saturated heterocycles. The topological polar surface area (TPSA) is 95.6 Å². The van der Waals surface area contributed by atoms with E-state index in [-0.39, 0.29) is 18.5 Å². The first-order chi connectivity index (χ1) is 14.9. The van der Waals surface area contributed by atoms with Crippen LogP contribution in [0.4, 0.5) is 24.5 Å². The molecule has 2 N–H and O–H groups in total. The van der Waals surface area contributed by atoms with Crippen LogP contribution in [0.25, 0.3) is 0 Å². The van der Waals surface area contributed by atoms with Gasteiger partial charge in [0.15, 0.2) is 0 Å². The molecule has 1 heterocycles. The van der Waals surface area contributed by atoms with Crippen LogP contribution in [0.5, 0.6) is 0 Å². The fourth-order valence-corrected chi connectivity index (χ4v) is 3.99. The van der Waals surface area contributed by atoms with Crippen LogP contribution in [0, 0.1) is 0 Å². The molecule has 0 aromatic heterocycles. The number of alkyl halides is 3. The van der Waals surface area contributed by atoms with Gasteiger partial charge in [0.1, 0.15) is 0 Å². The zero-order chi connectivity index (χ0) is 23.7. The molecule has 0 fully saturated rings. The summed E-state index contributed by atoms with van der Waals surface area (Å²) in [6, 6.07) is 8.65. The van der Waals surface area contributed by atoms with Crippen LogP contribution in [0.15, 0.2) is 55.1 Å². The predicted molar refractivity (Wildman–Crippen MR) is 113 cm³/mol. The van der Waals surface area contributed by atoms with Crippen LogP contribution >= 0.6 is 0 Å². The third-order valence-corrected chi connectivity index (χ3v) is 5.41. The van der Waals surface area contributed by atoms with E-state index in [1.54, 1.807) is 17.0 Å². The van der Waals surface area contributed by atoms with E-state index in [0.29, 0.717) is 16.9 Å². The number of nitrogens with zero attached hydrogens (tertiary/aromatic N) is 1. The summed E-state index contributed by atoms with van der Waals surface area (Å²) < 4.78 is 63.8. The molecule has 0 bridgehead atoms. The monoisotopic (exact) mass is 467 g/mol. The van der Waals surface area contributed by atoms with Crippen molar-refractivity contribution in [3.63, 3.8) is 0 Å². The number of amides is 2. The summed E-state index contributed by atoms with van der Waals surface area (Å²) in [6.07, 6.45) is -2.35. The molecule has 11 heteroatoms. The summed E-state index contributed by atoms with van der Waals surface area (Å²) in [5, 5.41) is 2.73. The number of carbonyl (C=O) groups is 2. The first-order valence-electron chi connectivity index (χ1n) is 9.41. The normalized spacial score (nSPS) is 16.1. The minimum atomic E-state index is -4.49. The zero-order valence-corrected chi connectivity index (χ0v) is 17.8. The predicted octanol–water partition coefficient (Wildman–Crippen LogP) is 2.76. The molecule has 2 amide bonds. The van der Waals surface area contributed by atoms with E-state index in [9.17, 15) is 31.2 Å². The van der Waals surface area contributed by atoms with Crippen molar-refractivity contribution in [1.82, 2.24) is 10.0 Å². The van der Waals surface area contributed by atoms with Crippen LogP contribution in [-0.2, 0) is 27.4 Å². The van der Waals surface area contributed by atoms with Gasteiger partial charge < -0.3 is 10.2 Å². The Morgan fingerprint density at radius 1 is 1.16 bits per heavy atom. The SMILES string of the molecule is C=CC(=O)N[C@H]1Cc2c(C(=O)NS(C)(=O)=O)cccc2N(c2ccc(C(F)(F)F)cc2)C1. The maximum Gasteiger partial charge on any atom is 0.416 e. The number of sulfonamides is 1. The third kappa shape index (κ3) is 5.28. The van der Waals surface area contributed by atoms with Crippen molar-refractivity contribution in [2.24, 2.45) is 0 Å². The first-order valence-corrected chi connectivity index (χ1v) is 11.3. The van der Waals surface area contributed by atoms with Crippen LogP contribution in [0.1, 0.15) is 21.5 Å².